The Bertz CT molecular complexity index is 361. The Balaban J connectivity index is 1.47. The average molecular weight is 255 g/mol. The molecule has 6 heteroatoms. The molecular formula is C12H17NO5. The van der Waals surface area contributed by atoms with E-state index in [1.165, 1.54) is 0 Å². The number of hydrogen-bond acceptors (Lipinski definition) is 4. The Morgan fingerprint density at radius 1 is 1.28 bits per heavy atom. The van der Waals surface area contributed by atoms with E-state index < -0.39 is 12.1 Å². The topological polar surface area (TPSA) is 84.9 Å². The molecule has 0 aromatic carbocycles. The zero-order chi connectivity index (χ0) is 12.7. The average Bonchev–Trinajstić information content (AvgIpc) is 2.74. The predicted octanol–water partition coefficient (Wildman–Crippen LogP) is -0.515. The molecule has 0 bridgehead atoms. The molecule has 1 amide bonds. The van der Waals surface area contributed by atoms with Gasteiger partial charge < -0.3 is 19.9 Å². The largest absolute Gasteiger partial charge is 0.479 e. The van der Waals surface area contributed by atoms with E-state index in [0.717, 1.165) is 0 Å². The highest BCUT2D eigenvalue weighted by atomic mass is 16.5. The molecule has 3 aliphatic rings. The number of carbonyl (C=O) groups excluding carboxylic acids is 1. The van der Waals surface area contributed by atoms with Gasteiger partial charge in [0.05, 0.1) is 13.2 Å². The summed E-state index contributed by atoms with van der Waals surface area (Å²) < 4.78 is 10.4. The number of fused-ring (bicyclic) bond motifs is 1. The summed E-state index contributed by atoms with van der Waals surface area (Å²) in [6.45, 7) is 2.23. The van der Waals surface area contributed by atoms with Gasteiger partial charge in [0, 0.05) is 25.0 Å². The van der Waals surface area contributed by atoms with Crippen molar-refractivity contribution in [1.29, 1.82) is 0 Å². The number of carboxylic acids is 1. The van der Waals surface area contributed by atoms with E-state index in [4.69, 9.17) is 14.6 Å². The first-order chi connectivity index (χ1) is 8.68. The molecule has 3 fully saturated rings. The molecular weight excluding hydrogens is 238 g/mol. The van der Waals surface area contributed by atoms with E-state index in [1.807, 2.05) is 0 Å². The van der Waals surface area contributed by atoms with Gasteiger partial charge in [0.25, 0.3) is 0 Å². The molecule has 1 saturated carbocycles. The lowest BCUT2D eigenvalue weighted by molar-refractivity contribution is -0.149. The lowest BCUT2D eigenvalue weighted by atomic mass is 10.0. The Labute approximate surface area is 105 Å². The monoisotopic (exact) mass is 255 g/mol. The normalized spacial score (nSPS) is 41.4. The SMILES string of the molecule is O=C(NC[C@H]1CCO[C@H]1C(=O)O)C1[C@H]2COC[C@@H]12. The summed E-state index contributed by atoms with van der Waals surface area (Å²) in [7, 11) is 0. The highest BCUT2D eigenvalue weighted by Crippen LogP contribution is 2.50. The Morgan fingerprint density at radius 3 is 2.67 bits per heavy atom. The number of aliphatic carboxylic acids is 1. The van der Waals surface area contributed by atoms with Gasteiger partial charge in [0.2, 0.25) is 5.91 Å². The van der Waals surface area contributed by atoms with Gasteiger partial charge in [-0.2, -0.15) is 0 Å². The fourth-order valence-electron chi connectivity index (χ4n) is 3.09. The molecule has 2 heterocycles. The van der Waals surface area contributed by atoms with Gasteiger partial charge in [0.1, 0.15) is 0 Å². The summed E-state index contributed by atoms with van der Waals surface area (Å²) in [5.41, 5.74) is 0. The number of ether oxygens (including phenoxy) is 2. The molecule has 100 valence electrons. The Morgan fingerprint density at radius 2 is 2.00 bits per heavy atom. The summed E-state index contributed by atoms with van der Waals surface area (Å²) in [6.07, 6.45) is -0.0786. The number of carboxylic acid groups (broad SMARTS) is 1. The van der Waals surface area contributed by atoms with E-state index in [1.54, 1.807) is 0 Å². The molecule has 1 aliphatic carbocycles. The fraction of sp³-hybridized carbons (Fsp3) is 0.833. The van der Waals surface area contributed by atoms with Crippen LogP contribution in [0.3, 0.4) is 0 Å². The quantitative estimate of drug-likeness (QED) is 0.706. The zero-order valence-corrected chi connectivity index (χ0v) is 10.0. The van der Waals surface area contributed by atoms with Crippen molar-refractivity contribution in [3.8, 4) is 0 Å². The molecule has 1 unspecified atom stereocenters. The van der Waals surface area contributed by atoms with Crippen molar-refractivity contribution < 1.29 is 24.2 Å². The van der Waals surface area contributed by atoms with Crippen molar-refractivity contribution in [2.75, 3.05) is 26.4 Å². The minimum atomic E-state index is -0.941. The maximum Gasteiger partial charge on any atom is 0.333 e. The molecule has 18 heavy (non-hydrogen) atoms. The maximum absolute atomic E-state index is 11.9. The highest BCUT2D eigenvalue weighted by Gasteiger charge is 2.57. The lowest BCUT2D eigenvalue weighted by Gasteiger charge is -2.15. The molecule has 0 radical (unpaired) electrons. The molecule has 2 aliphatic heterocycles. The fourth-order valence-corrected chi connectivity index (χ4v) is 3.09. The summed E-state index contributed by atoms with van der Waals surface area (Å²) in [4.78, 5) is 22.8. The van der Waals surface area contributed by atoms with Crippen LogP contribution in [0.1, 0.15) is 6.42 Å². The van der Waals surface area contributed by atoms with Gasteiger partial charge >= 0.3 is 5.97 Å². The zero-order valence-electron chi connectivity index (χ0n) is 10.0. The van der Waals surface area contributed by atoms with Crippen molar-refractivity contribution in [2.45, 2.75) is 12.5 Å². The second kappa shape index (κ2) is 4.51. The molecule has 0 spiro atoms. The first kappa shape index (κ1) is 11.9. The van der Waals surface area contributed by atoms with Crippen molar-refractivity contribution in [2.24, 2.45) is 23.7 Å². The second-order valence-electron chi connectivity index (χ2n) is 5.31. The predicted molar refractivity (Wildman–Crippen MR) is 59.8 cm³/mol. The van der Waals surface area contributed by atoms with Crippen LogP contribution in [-0.4, -0.2) is 49.5 Å². The number of rotatable bonds is 4. The summed E-state index contributed by atoms with van der Waals surface area (Å²) in [6, 6.07) is 0. The molecule has 0 aromatic rings. The van der Waals surface area contributed by atoms with Gasteiger partial charge in [0.15, 0.2) is 6.10 Å². The van der Waals surface area contributed by atoms with E-state index in [-0.39, 0.29) is 17.7 Å². The van der Waals surface area contributed by atoms with Crippen LogP contribution in [0.2, 0.25) is 0 Å². The van der Waals surface area contributed by atoms with Crippen molar-refractivity contribution >= 4 is 11.9 Å². The third-order valence-electron chi connectivity index (χ3n) is 4.25. The van der Waals surface area contributed by atoms with Crippen LogP contribution in [0.25, 0.3) is 0 Å². The summed E-state index contributed by atoms with van der Waals surface area (Å²) in [5.74, 6) is -0.140. The summed E-state index contributed by atoms with van der Waals surface area (Å²) in [5, 5.41) is 11.8. The standard InChI is InChI=1S/C12H17NO5/c14-11(9-7-4-17-5-8(7)9)13-3-6-1-2-18-10(6)12(15)16/h6-10H,1-5H2,(H,13,14)(H,15,16)/t6-,7-,8+,9?,10-/m1/s1. The first-order valence-corrected chi connectivity index (χ1v) is 6.38. The van der Waals surface area contributed by atoms with Gasteiger partial charge in [-0.05, 0) is 18.3 Å². The third-order valence-corrected chi connectivity index (χ3v) is 4.25. The molecule has 2 N–H and O–H groups in total. The number of nitrogens with one attached hydrogen (secondary N) is 1. The first-order valence-electron chi connectivity index (χ1n) is 6.38. The van der Waals surface area contributed by atoms with E-state index in [9.17, 15) is 9.59 Å². The van der Waals surface area contributed by atoms with Crippen LogP contribution < -0.4 is 5.32 Å². The Hall–Kier alpha value is -1.14. The lowest BCUT2D eigenvalue weighted by Crippen LogP contribution is -2.37. The number of hydrogen-bond donors (Lipinski definition) is 2. The maximum atomic E-state index is 11.9. The van der Waals surface area contributed by atoms with Crippen molar-refractivity contribution in [3.05, 3.63) is 0 Å². The highest BCUT2D eigenvalue weighted by molar-refractivity contribution is 5.82. The molecule has 0 aromatic heterocycles. The van der Waals surface area contributed by atoms with Crippen LogP contribution >= 0.6 is 0 Å². The minimum Gasteiger partial charge on any atom is -0.479 e. The molecule has 3 rings (SSSR count). The summed E-state index contributed by atoms with van der Waals surface area (Å²) >= 11 is 0. The van der Waals surface area contributed by atoms with Crippen LogP contribution in [0.5, 0.6) is 0 Å². The van der Waals surface area contributed by atoms with Gasteiger partial charge in [-0.3, -0.25) is 4.79 Å². The van der Waals surface area contributed by atoms with Gasteiger partial charge in [-0.1, -0.05) is 0 Å². The Kier molecular flexibility index (Phi) is 2.99. The van der Waals surface area contributed by atoms with Crippen LogP contribution in [0.15, 0.2) is 0 Å². The minimum absolute atomic E-state index is 0.0457. The number of carbonyl (C=O) groups is 2. The molecule has 6 nitrogen and oxygen atoms in total. The van der Waals surface area contributed by atoms with Crippen LogP contribution in [0, 0.1) is 23.7 Å². The third kappa shape index (κ3) is 1.99. The smallest absolute Gasteiger partial charge is 0.333 e. The van der Waals surface area contributed by atoms with Gasteiger partial charge in [-0.15, -0.1) is 0 Å². The second-order valence-corrected chi connectivity index (χ2v) is 5.31. The van der Waals surface area contributed by atoms with E-state index >= 15 is 0 Å². The number of amides is 1. The molecule has 5 atom stereocenters. The van der Waals surface area contributed by atoms with Crippen LogP contribution in [0.4, 0.5) is 0 Å². The van der Waals surface area contributed by atoms with E-state index in [0.29, 0.717) is 44.6 Å². The van der Waals surface area contributed by atoms with Crippen LogP contribution in [-0.2, 0) is 19.1 Å². The van der Waals surface area contributed by atoms with E-state index in [2.05, 4.69) is 5.32 Å². The molecule has 2 saturated heterocycles. The van der Waals surface area contributed by atoms with Crippen molar-refractivity contribution in [3.63, 3.8) is 0 Å². The van der Waals surface area contributed by atoms with Gasteiger partial charge in [-0.25, -0.2) is 4.79 Å². The van der Waals surface area contributed by atoms with Crippen molar-refractivity contribution in [1.82, 2.24) is 5.32 Å².